The fourth-order valence-corrected chi connectivity index (χ4v) is 2.51. The zero-order valence-corrected chi connectivity index (χ0v) is 14.0. The number of para-hydroxylation sites is 2. The minimum atomic E-state index is -0.303. The van der Waals surface area contributed by atoms with Crippen LogP contribution >= 0.6 is 11.6 Å². The number of rotatable bonds is 5. The van der Waals surface area contributed by atoms with Gasteiger partial charge in [-0.25, -0.2) is 0 Å². The van der Waals surface area contributed by atoms with Crippen LogP contribution in [0.15, 0.2) is 42.5 Å². The SMILES string of the molecule is N#Cc1ccc(OCC(=O)NCC2COc3ccccc3O2)c(Cl)c1. The summed E-state index contributed by atoms with van der Waals surface area (Å²) < 4.78 is 16.7. The van der Waals surface area contributed by atoms with Gasteiger partial charge in [0.15, 0.2) is 18.1 Å². The third kappa shape index (κ3) is 4.34. The third-order valence-electron chi connectivity index (χ3n) is 3.51. The van der Waals surface area contributed by atoms with E-state index in [9.17, 15) is 4.79 Å². The molecule has 1 N–H and O–H groups in total. The Kier molecular flexibility index (Phi) is 5.26. The van der Waals surface area contributed by atoms with Gasteiger partial charge < -0.3 is 19.5 Å². The largest absolute Gasteiger partial charge is 0.486 e. The highest BCUT2D eigenvalue weighted by molar-refractivity contribution is 6.32. The molecule has 7 heteroatoms. The van der Waals surface area contributed by atoms with E-state index in [0.717, 1.165) is 0 Å². The molecule has 1 aliphatic rings. The van der Waals surface area contributed by atoms with Crippen LogP contribution in [0.25, 0.3) is 0 Å². The highest BCUT2D eigenvalue weighted by Crippen LogP contribution is 2.30. The Hall–Kier alpha value is -2.91. The molecule has 1 aliphatic heterocycles. The second-order valence-electron chi connectivity index (χ2n) is 5.35. The van der Waals surface area contributed by atoms with Gasteiger partial charge in [0.2, 0.25) is 0 Å². The van der Waals surface area contributed by atoms with E-state index in [4.69, 9.17) is 31.1 Å². The smallest absolute Gasteiger partial charge is 0.258 e. The summed E-state index contributed by atoms with van der Waals surface area (Å²) in [5.41, 5.74) is 0.427. The first-order valence-corrected chi connectivity index (χ1v) is 8.01. The van der Waals surface area contributed by atoms with E-state index < -0.39 is 0 Å². The number of benzene rings is 2. The highest BCUT2D eigenvalue weighted by Gasteiger charge is 2.21. The molecular weight excluding hydrogens is 344 g/mol. The van der Waals surface area contributed by atoms with Gasteiger partial charge in [-0.3, -0.25) is 4.79 Å². The molecule has 0 saturated heterocycles. The summed E-state index contributed by atoms with van der Waals surface area (Å²) in [5.74, 6) is 1.40. The molecule has 25 heavy (non-hydrogen) atoms. The van der Waals surface area contributed by atoms with Gasteiger partial charge in [-0.05, 0) is 30.3 Å². The summed E-state index contributed by atoms with van der Waals surface area (Å²) in [6.45, 7) is 0.479. The molecule has 6 nitrogen and oxygen atoms in total. The number of amides is 1. The number of carbonyl (C=O) groups is 1. The van der Waals surface area contributed by atoms with Gasteiger partial charge in [0.05, 0.1) is 23.2 Å². The van der Waals surface area contributed by atoms with E-state index in [1.54, 1.807) is 12.1 Å². The summed E-state index contributed by atoms with van der Waals surface area (Å²) in [7, 11) is 0. The molecule has 3 rings (SSSR count). The van der Waals surface area contributed by atoms with Crippen LogP contribution in [-0.4, -0.2) is 31.8 Å². The van der Waals surface area contributed by atoms with Crippen molar-refractivity contribution in [1.82, 2.24) is 5.32 Å². The van der Waals surface area contributed by atoms with Gasteiger partial charge in [0, 0.05) is 0 Å². The Balaban J connectivity index is 1.45. The molecule has 0 radical (unpaired) electrons. The maximum Gasteiger partial charge on any atom is 0.258 e. The fraction of sp³-hybridized carbons (Fsp3) is 0.222. The first-order chi connectivity index (χ1) is 12.2. The fourth-order valence-electron chi connectivity index (χ4n) is 2.27. The standard InChI is InChI=1S/C18H15ClN2O4/c19-14-7-12(8-20)5-6-15(14)24-11-18(22)21-9-13-10-23-16-3-1-2-4-17(16)25-13/h1-7,13H,9-11H2,(H,21,22). The molecule has 0 saturated carbocycles. The van der Waals surface area contributed by atoms with Crippen molar-refractivity contribution in [3.63, 3.8) is 0 Å². The Labute approximate surface area is 149 Å². The lowest BCUT2D eigenvalue weighted by molar-refractivity contribution is -0.123. The number of hydrogen-bond acceptors (Lipinski definition) is 5. The number of ether oxygens (including phenoxy) is 3. The van der Waals surface area contributed by atoms with Crippen LogP contribution in [-0.2, 0) is 4.79 Å². The number of nitrogens with zero attached hydrogens (tertiary/aromatic N) is 1. The van der Waals surface area contributed by atoms with Gasteiger partial charge in [0.1, 0.15) is 18.5 Å². The molecule has 2 aromatic rings. The number of hydrogen-bond donors (Lipinski definition) is 1. The van der Waals surface area contributed by atoms with Gasteiger partial charge in [0.25, 0.3) is 5.91 Å². The van der Waals surface area contributed by atoms with Crippen LogP contribution in [0.3, 0.4) is 0 Å². The number of nitrogens with one attached hydrogen (secondary N) is 1. The van der Waals surface area contributed by atoms with E-state index in [1.807, 2.05) is 30.3 Å². The number of nitriles is 1. The zero-order chi connectivity index (χ0) is 17.6. The minimum absolute atomic E-state index is 0.185. The topological polar surface area (TPSA) is 80.6 Å². The summed E-state index contributed by atoms with van der Waals surface area (Å²) in [6, 6.07) is 14.0. The maximum absolute atomic E-state index is 11.9. The monoisotopic (exact) mass is 358 g/mol. The van der Waals surface area contributed by atoms with Crippen LogP contribution in [0.5, 0.6) is 17.2 Å². The quantitative estimate of drug-likeness (QED) is 0.888. The van der Waals surface area contributed by atoms with Crippen molar-refractivity contribution in [3.05, 3.63) is 53.1 Å². The van der Waals surface area contributed by atoms with Crippen LogP contribution in [0, 0.1) is 11.3 Å². The van der Waals surface area contributed by atoms with Crippen molar-refractivity contribution in [3.8, 4) is 23.3 Å². The molecule has 0 spiro atoms. The predicted octanol–water partition coefficient (Wildman–Crippen LogP) is 2.55. The third-order valence-corrected chi connectivity index (χ3v) is 3.81. The lowest BCUT2D eigenvalue weighted by Crippen LogP contribution is -2.42. The highest BCUT2D eigenvalue weighted by atomic mass is 35.5. The first kappa shape index (κ1) is 16.9. The molecule has 1 unspecified atom stereocenters. The van der Waals surface area contributed by atoms with Crippen molar-refractivity contribution in [2.75, 3.05) is 19.8 Å². The van der Waals surface area contributed by atoms with Crippen molar-refractivity contribution in [2.45, 2.75) is 6.10 Å². The van der Waals surface area contributed by atoms with Crippen LogP contribution < -0.4 is 19.5 Å². The minimum Gasteiger partial charge on any atom is -0.486 e. The van der Waals surface area contributed by atoms with Crippen molar-refractivity contribution in [2.24, 2.45) is 0 Å². The van der Waals surface area contributed by atoms with E-state index in [2.05, 4.69) is 5.32 Å². The molecule has 1 heterocycles. The summed E-state index contributed by atoms with van der Waals surface area (Å²) in [5, 5.41) is 11.8. The van der Waals surface area contributed by atoms with Gasteiger partial charge >= 0.3 is 0 Å². The molecule has 1 atom stereocenters. The van der Waals surface area contributed by atoms with E-state index in [-0.39, 0.29) is 23.6 Å². The second-order valence-corrected chi connectivity index (χ2v) is 5.75. The summed E-state index contributed by atoms with van der Waals surface area (Å²) in [4.78, 5) is 11.9. The van der Waals surface area contributed by atoms with Gasteiger partial charge in [-0.1, -0.05) is 23.7 Å². The average molecular weight is 359 g/mol. The van der Waals surface area contributed by atoms with Gasteiger partial charge in [-0.2, -0.15) is 5.26 Å². The summed E-state index contributed by atoms with van der Waals surface area (Å²) in [6.07, 6.45) is -0.266. The number of fused-ring (bicyclic) bond motifs is 1. The Morgan fingerprint density at radius 3 is 2.88 bits per heavy atom. The second kappa shape index (κ2) is 7.77. The molecule has 0 aromatic heterocycles. The Morgan fingerprint density at radius 2 is 2.12 bits per heavy atom. The van der Waals surface area contributed by atoms with E-state index >= 15 is 0 Å². The lowest BCUT2D eigenvalue weighted by atomic mass is 10.2. The van der Waals surface area contributed by atoms with Crippen LogP contribution in [0.4, 0.5) is 0 Å². The first-order valence-electron chi connectivity index (χ1n) is 7.63. The Morgan fingerprint density at radius 1 is 1.32 bits per heavy atom. The molecule has 0 fully saturated rings. The molecule has 0 aliphatic carbocycles. The normalized spacial score (nSPS) is 15.1. The number of halogens is 1. The molecular formula is C18H15ClN2O4. The molecule has 0 bridgehead atoms. The Bertz CT molecular complexity index is 819. The van der Waals surface area contributed by atoms with Crippen molar-refractivity contribution < 1.29 is 19.0 Å². The van der Waals surface area contributed by atoms with Crippen molar-refractivity contribution >= 4 is 17.5 Å². The van der Waals surface area contributed by atoms with Crippen LogP contribution in [0.2, 0.25) is 5.02 Å². The predicted molar refractivity (Wildman–Crippen MR) is 91.0 cm³/mol. The van der Waals surface area contributed by atoms with Crippen LogP contribution in [0.1, 0.15) is 5.56 Å². The van der Waals surface area contributed by atoms with E-state index in [1.165, 1.54) is 6.07 Å². The zero-order valence-electron chi connectivity index (χ0n) is 13.2. The molecule has 1 amide bonds. The molecule has 2 aromatic carbocycles. The van der Waals surface area contributed by atoms with Crippen molar-refractivity contribution in [1.29, 1.82) is 5.26 Å². The van der Waals surface area contributed by atoms with Gasteiger partial charge in [-0.15, -0.1) is 0 Å². The lowest BCUT2D eigenvalue weighted by Gasteiger charge is -2.26. The number of carbonyl (C=O) groups excluding carboxylic acids is 1. The maximum atomic E-state index is 11.9. The average Bonchev–Trinajstić information content (AvgIpc) is 2.65. The summed E-state index contributed by atoms with van der Waals surface area (Å²) >= 11 is 5.99. The van der Waals surface area contributed by atoms with E-state index in [0.29, 0.717) is 36.0 Å². The molecule has 128 valence electrons.